The maximum atomic E-state index is 12.9. The molecule has 0 aromatic heterocycles. The van der Waals surface area contributed by atoms with Crippen LogP contribution < -0.4 is 0 Å². The average Bonchev–Trinajstić information content (AvgIpc) is 1.59. The summed E-state index contributed by atoms with van der Waals surface area (Å²) >= 11 is 0. The number of aliphatic hydroxyl groups is 2. The molecule has 0 aliphatic heterocycles. The van der Waals surface area contributed by atoms with Crippen LogP contribution in [0.2, 0.25) is 0 Å². The van der Waals surface area contributed by atoms with Crippen LogP contribution in [0, 0.1) is 0 Å². The molecule has 18 heteroatoms. The summed E-state index contributed by atoms with van der Waals surface area (Å²) in [4.78, 5) is 58.4. The highest BCUT2D eigenvalue weighted by atomic mass is 31.2. The average molecular weight is 1410 g/mol. The van der Waals surface area contributed by atoms with E-state index in [0.29, 0.717) is 19.3 Å². The molecule has 0 aliphatic rings. The number of allylic oxidation sites excluding steroid dienone is 18. The lowest BCUT2D eigenvalue weighted by Crippen LogP contribution is -2.30. The van der Waals surface area contributed by atoms with Crippen LogP contribution >= 0.6 is 15.6 Å². The van der Waals surface area contributed by atoms with Crippen molar-refractivity contribution >= 4 is 33.6 Å². The fourth-order valence-electron chi connectivity index (χ4n) is 10.2. The monoisotopic (exact) mass is 1400 g/mol. The molecular formula is C79H138O16P2. The highest BCUT2D eigenvalue weighted by Gasteiger charge is 2.29. The molecule has 0 radical (unpaired) electrons. The second-order valence-electron chi connectivity index (χ2n) is 25.4. The lowest BCUT2D eigenvalue weighted by molar-refractivity contribution is -0.161. The number of ether oxygens (including phenoxy) is 3. The molecular weight excluding hydrogens is 1270 g/mol. The summed E-state index contributed by atoms with van der Waals surface area (Å²) in [5.74, 6) is -1.59. The third-order valence-electron chi connectivity index (χ3n) is 16.0. The number of carbonyl (C=O) groups excluding carboxylic acids is 3. The van der Waals surface area contributed by atoms with Gasteiger partial charge in [0.15, 0.2) is 6.10 Å². The van der Waals surface area contributed by atoms with Crippen LogP contribution in [0.1, 0.15) is 316 Å². The van der Waals surface area contributed by atoms with Crippen molar-refractivity contribution in [1.29, 1.82) is 0 Å². The maximum Gasteiger partial charge on any atom is 0.472 e. The minimum Gasteiger partial charge on any atom is -0.463 e. The fourth-order valence-corrected chi connectivity index (χ4v) is 11.8. The van der Waals surface area contributed by atoms with Crippen LogP contribution in [0.25, 0.3) is 0 Å². The number of unbranched alkanes of at least 4 members (excludes halogenated alkanes) is 31. The number of rotatable bonds is 72. The Morgan fingerprint density at radius 3 is 0.876 bits per heavy atom. The van der Waals surface area contributed by atoms with Gasteiger partial charge in [0.1, 0.15) is 25.4 Å². The van der Waals surface area contributed by atoms with Gasteiger partial charge in [0, 0.05) is 19.3 Å². The van der Waals surface area contributed by atoms with Gasteiger partial charge in [-0.3, -0.25) is 32.5 Å². The van der Waals surface area contributed by atoms with Gasteiger partial charge in [-0.1, -0.05) is 291 Å². The Morgan fingerprint density at radius 2 is 0.546 bits per heavy atom. The summed E-state index contributed by atoms with van der Waals surface area (Å²) in [7, 11) is -9.78. The van der Waals surface area contributed by atoms with Gasteiger partial charge in [0.2, 0.25) is 0 Å². The standard InChI is InChI=1S/C79H138O16P2/c1-4-7-10-13-16-19-22-24-26-28-29-30-31-32-33-34-35-36-37-38-39-40-41-42-43-45-47-48-51-53-56-59-62-65-77(82)89-68-74(80)69-91-96(85,86)92-70-75(81)71-93-97(87,88)94-73-76(95-79(84)67-64-61-58-55-50-21-18-15-12-9-6-3)72-90-78(83)66-63-60-57-54-52-49-46-44-27-25-23-20-17-14-11-8-5-2/h7-8,10-11,15-20,24-27,29-30,32-33,74-76,80-81H,4-6,9,12-14,21-23,28,31,34-73H2,1-3H3,(H,85,86)(H,87,88)/b10-7-,11-8-,18-15-,19-16-,20-17-,26-24-,27-25-,30-29-,33-32-. The van der Waals surface area contributed by atoms with Gasteiger partial charge in [-0.05, 0) is 116 Å². The summed E-state index contributed by atoms with van der Waals surface area (Å²) in [5.41, 5.74) is 0. The zero-order valence-corrected chi connectivity index (χ0v) is 62.8. The van der Waals surface area contributed by atoms with Crippen LogP contribution in [0.15, 0.2) is 109 Å². The molecule has 5 unspecified atom stereocenters. The Hall–Kier alpha value is -3.79. The van der Waals surface area contributed by atoms with Crippen molar-refractivity contribution in [2.45, 2.75) is 334 Å². The van der Waals surface area contributed by atoms with Crippen LogP contribution in [-0.4, -0.2) is 95.9 Å². The van der Waals surface area contributed by atoms with Crippen LogP contribution in [0.5, 0.6) is 0 Å². The normalized spacial score (nSPS) is 14.7. The van der Waals surface area contributed by atoms with E-state index in [-0.39, 0.29) is 19.3 Å². The van der Waals surface area contributed by atoms with Crippen LogP contribution in [-0.2, 0) is 55.8 Å². The molecule has 560 valence electrons. The van der Waals surface area contributed by atoms with E-state index in [1.165, 1.54) is 103 Å². The predicted octanol–water partition coefficient (Wildman–Crippen LogP) is 22.0. The Balaban J connectivity index is 4.33. The van der Waals surface area contributed by atoms with Crippen molar-refractivity contribution < 1.29 is 75.8 Å². The molecule has 0 rings (SSSR count). The molecule has 0 bridgehead atoms. The topological polar surface area (TPSA) is 231 Å². The lowest BCUT2D eigenvalue weighted by atomic mass is 10.0. The molecule has 16 nitrogen and oxygen atoms in total. The third kappa shape index (κ3) is 73.3. The number of phosphoric acid groups is 2. The molecule has 0 spiro atoms. The molecule has 0 saturated heterocycles. The summed E-state index contributed by atoms with van der Waals surface area (Å²) in [6.45, 7) is 2.40. The SMILES string of the molecule is CC/C=C\C/C=C\C/C=C\C/C=C\C/C=C\CCCCCCCCCCCCCCCCCCCC(=O)OCC(O)COP(=O)(O)OCC(O)COP(=O)(O)OCC(COC(=O)CCCCCCCCC/C=C\C/C=C\C/C=C\CC)OC(=O)CCCCCCC/C=C\CCCC. The Morgan fingerprint density at radius 1 is 0.299 bits per heavy atom. The van der Waals surface area contributed by atoms with Gasteiger partial charge in [-0.15, -0.1) is 0 Å². The first-order valence-electron chi connectivity index (χ1n) is 38.2. The predicted molar refractivity (Wildman–Crippen MR) is 399 cm³/mol. The summed E-state index contributed by atoms with van der Waals surface area (Å²) in [5, 5.41) is 20.6. The molecule has 0 aromatic carbocycles. The summed E-state index contributed by atoms with van der Waals surface area (Å²) < 4.78 is 60.9. The zero-order chi connectivity index (χ0) is 70.9. The number of hydrogen-bond acceptors (Lipinski definition) is 14. The summed E-state index contributed by atoms with van der Waals surface area (Å²) in [6.07, 6.45) is 83.1. The Bertz CT molecular complexity index is 2200. The number of carbonyl (C=O) groups is 3. The van der Waals surface area contributed by atoms with Crippen LogP contribution in [0.3, 0.4) is 0 Å². The van der Waals surface area contributed by atoms with Crippen molar-refractivity contribution in [3.63, 3.8) is 0 Å². The molecule has 0 heterocycles. The van der Waals surface area contributed by atoms with Gasteiger partial charge in [0.05, 0.1) is 26.4 Å². The second-order valence-corrected chi connectivity index (χ2v) is 28.3. The molecule has 5 atom stereocenters. The van der Waals surface area contributed by atoms with E-state index in [2.05, 4.69) is 130 Å². The van der Waals surface area contributed by atoms with E-state index in [0.717, 1.165) is 154 Å². The molecule has 0 amide bonds. The van der Waals surface area contributed by atoms with Gasteiger partial charge in [-0.2, -0.15) is 0 Å². The number of phosphoric ester groups is 2. The maximum absolute atomic E-state index is 12.9. The zero-order valence-electron chi connectivity index (χ0n) is 61.0. The van der Waals surface area contributed by atoms with E-state index in [9.17, 15) is 43.5 Å². The first kappa shape index (κ1) is 93.2. The smallest absolute Gasteiger partial charge is 0.463 e. The van der Waals surface area contributed by atoms with Crippen LogP contribution in [0.4, 0.5) is 0 Å². The first-order valence-corrected chi connectivity index (χ1v) is 41.2. The van der Waals surface area contributed by atoms with Gasteiger partial charge < -0.3 is 34.2 Å². The van der Waals surface area contributed by atoms with Crippen molar-refractivity contribution in [3.8, 4) is 0 Å². The minimum atomic E-state index is -4.92. The van der Waals surface area contributed by atoms with Gasteiger partial charge in [0.25, 0.3) is 0 Å². The molecule has 0 saturated carbocycles. The highest BCUT2D eigenvalue weighted by molar-refractivity contribution is 7.47. The fraction of sp³-hybridized carbons (Fsp3) is 0.734. The van der Waals surface area contributed by atoms with Gasteiger partial charge in [-0.25, -0.2) is 9.13 Å². The highest BCUT2D eigenvalue weighted by Crippen LogP contribution is 2.45. The van der Waals surface area contributed by atoms with E-state index in [1.54, 1.807) is 0 Å². The van der Waals surface area contributed by atoms with E-state index >= 15 is 0 Å². The molecule has 4 N–H and O–H groups in total. The minimum absolute atomic E-state index is 0.0920. The van der Waals surface area contributed by atoms with E-state index < -0.39 is 91.5 Å². The number of hydrogen-bond donors (Lipinski definition) is 4. The molecule has 0 fully saturated rings. The number of esters is 3. The van der Waals surface area contributed by atoms with Crippen molar-refractivity contribution in [2.24, 2.45) is 0 Å². The second kappa shape index (κ2) is 72.0. The largest absolute Gasteiger partial charge is 0.472 e. The van der Waals surface area contributed by atoms with Crippen molar-refractivity contribution in [2.75, 3.05) is 39.6 Å². The Kier molecular flexibility index (Phi) is 69.2. The quantitative estimate of drug-likeness (QED) is 0.0146. The van der Waals surface area contributed by atoms with E-state index in [1.807, 2.05) is 0 Å². The molecule has 97 heavy (non-hydrogen) atoms. The number of aliphatic hydroxyl groups excluding tert-OH is 2. The van der Waals surface area contributed by atoms with Crippen molar-refractivity contribution in [3.05, 3.63) is 109 Å². The molecule has 0 aromatic rings. The van der Waals surface area contributed by atoms with Crippen molar-refractivity contribution in [1.82, 2.24) is 0 Å². The lowest BCUT2D eigenvalue weighted by Gasteiger charge is -2.21. The molecule has 0 aliphatic carbocycles. The first-order chi connectivity index (χ1) is 47.2. The van der Waals surface area contributed by atoms with Gasteiger partial charge >= 0.3 is 33.6 Å². The van der Waals surface area contributed by atoms with E-state index in [4.69, 9.17) is 32.3 Å². The summed E-state index contributed by atoms with van der Waals surface area (Å²) in [6, 6.07) is 0. The third-order valence-corrected chi connectivity index (χ3v) is 17.9. The Labute approximate surface area is 590 Å².